The number of hydrogen-bond donors (Lipinski definition) is 3. The van der Waals surface area contributed by atoms with Crippen LogP contribution in [0.5, 0.6) is 0 Å². The SMILES string of the molecule is CC(C)C(CCO)NCC(=O)Nc1c(Cl)cccc1Cl. The van der Waals surface area contributed by atoms with Crippen LogP contribution in [0.3, 0.4) is 0 Å². The van der Waals surface area contributed by atoms with Crippen LogP contribution in [0.25, 0.3) is 0 Å². The topological polar surface area (TPSA) is 61.4 Å². The zero-order valence-electron chi connectivity index (χ0n) is 11.6. The number of benzene rings is 1. The Balaban J connectivity index is 2.55. The van der Waals surface area contributed by atoms with Crippen LogP contribution < -0.4 is 10.6 Å². The molecule has 4 nitrogen and oxygen atoms in total. The Kier molecular flexibility index (Phi) is 7.30. The van der Waals surface area contributed by atoms with Crippen LogP contribution in [0.1, 0.15) is 20.3 Å². The molecule has 1 rings (SSSR count). The zero-order valence-corrected chi connectivity index (χ0v) is 13.1. The molecule has 0 saturated heterocycles. The maximum absolute atomic E-state index is 11.9. The van der Waals surface area contributed by atoms with E-state index in [4.69, 9.17) is 28.3 Å². The highest BCUT2D eigenvalue weighted by Crippen LogP contribution is 2.29. The first-order valence-corrected chi connectivity index (χ1v) is 7.29. The molecule has 0 aromatic heterocycles. The van der Waals surface area contributed by atoms with Gasteiger partial charge in [-0.1, -0.05) is 43.1 Å². The van der Waals surface area contributed by atoms with Crippen LogP contribution in [0.2, 0.25) is 10.0 Å². The molecule has 6 heteroatoms. The van der Waals surface area contributed by atoms with E-state index in [-0.39, 0.29) is 25.1 Å². The van der Waals surface area contributed by atoms with E-state index in [1.54, 1.807) is 18.2 Å². The predicted molar refractivity (Wildman–Crippen MR) is 83.4 cm³/mol. The molecule has 0 heterocycles. The lowest BCUT2D eigenvalue weighted by Gasteiger charge is -2.21. The van der Waals surface area contributed by atoms with E-state index < -0.39 is 0 Å². The molecule has 0 aliphatic heterocycles. The van der Waals surface area contributed by atoms with Crippen molar-refractivity contribution in [2.45, 2.75) is 26.3 Å². The van der Waals surface area contributed by atoms with E-state index in [0.717, 1.165) is 0 Å². The maximum Gasteiger partial charge on any atom is 0.238 e. The van der Waals surface area contributed by atoms with E-state index in [0.29, 0.717) is 28.1 Å². The Bertz CT molecular complexity index is 433. The van der Waals surface area contributed by atoms with Crippen LogP contribution in [0.4, 0.5) is 5.69 Å². The number of rotatable bonds is 7. The summed E-state index contributed by atoms with van der Waals surface area (Å²) in [7, 11) is 0. The highest BCUT2D eigenvalue weighted by atomic mass is 35.5. The third-order valence-electron chi connectivity index (χ3n) is 3.00. The van der Waals surface area contributed by atoms with Crippen LogP contribution in [0.15, 0.2) is 18.2 Å². The first-order chi connectivity index (χ1) is 9.45. The molecule has 1 aromatic rings. The van der Waals surface area contributed by atoms with Gasteiger partial charge in [0.05, 0.1) is 22.3 Å². The third-order valence-corrected chi connectivity index (χ3v) is 3.63. The number of aliphatic hydroxyl groups excluding tert-OH is 1. The standard InChI is InChI=1S/C14H20Cl2N2O2/c1-9(2)12(6-7-19)17-8-13(20)18-14-10(15)4-3-5-11(14)16/h3-5,9,12,17,19H,6-8H2,1-2H3,(H,18,20). The molecule has 0 radical (unpaired) electrons. The second kappa shape index (κ2) is 8.47. The largest absolute Gasteiger partial charge is 0.396 e. The van der Waals surface area contributed by atoms with E-state index in [1.165, 1.54) is 0 Å². The molecule has 0 bridgehead atoms. The van der Waals surface area contributed by atoms with Gasteiger partial charge in [-0.3, -0.25) is 4.79 Å². The van der Waals surface area contributed by atoms with E-state index in [9.17, 15) is 4.79 Å². The number of halogens is 2. The summed E-state index contributed by atoms with van der Waals surface area (Å²) in [6.07, 6.45) is 0.609. The molecule has 0 aliphatic rings. The minimum atomic E-state index is -0.219. The lowest BCUT2D eigenvalue weighted by Crippen LogP contribution is -2.39. The number of nitrogens with one attached hydrogen (secondary N) is 2. The molecule has 20 heavy (non-hydrogen) atoms. The van der Waals surface area contributed by atoms with E-state index in [1.807, 2.05) is 13.8 Å². The van der Waals surface area contributed by atoms with Crippen molar-refractivity contribution < 1.29 is 9.90 Å². The zero-order chi connectivity index (χ0) is 15.1. The lowest BCUT2D eigenvalue weighted by molar-refractivity contribution is -0.115. The van der Waals surface area contributed by atoms with Crippen molar-refractivity contribution in [1.82, 2.24) is 5.32 Å². The van der Waals surface area contributed by atoms with Crippen molar-refractivity contribution in [2.24, 2.45) is 5.92 Å². The molecule has 112 valence electrons. The number of para-hydroxylation sites is 1. The second-order valence-corrected chi connectivity index (χ2v) is 5.70. The molecule has 1 atom stereocenters. The Hall–Kier alpha value is -0.810. The number of amides is 1. The summed E-state index contributed by atoms with van der Waals surface area (Å²) >= 11 is 12.0. The van der Waals surface area contributed by atoms with Gasteiger partial charge in [-0.15, -0.1) is 0 Å². The van der Waals surface area contributed by atoms with Crippen LogP contribution in [0, 0.1) is 5.92 Å². The maximum atomic E-state index is 11.9. The Morgan fingerprint density at radius 2 is 1.90 bits per heavy atom. The fourth-order valence-corrected chi connectivity index (χ4v) is 2.33. The van der Waals surface area contributed by atoms with Gasteiger partial charge < -0.3 is 15.7 Å². The number of hydrogen-bond acceptors (Lipinski definition) is 3. The Morgan fingerprint density at radius 3 is 2.40 bits per heavy atom. The first kappa shape index (κ1) is 17.2. The minimum Gasteiger partial charge on any atom is -0.396 e. The highest BCUT2D eigenvalue weighted by molar-refractivity contribution is 6.39. The summed E-state index contributed by atoms with van der Waals surface area (Å²) in [5.74, 6) is 0.113. The van der Waals surface area contributed by atoms with Crippen LogP contribution >= 0.6 is 23.2 Å². The van der Waals surface area contributed by atoms with Crippen molar-refractivity contribution in [1.29, 1.82) is 0 Å². The molecule has 0 fully saturated rings. The molecule has 1 aromatic carbocycles. The van der Waals surface area contributed by atoms with Crippen molar-refractivity contribution in [3.63, 3.8) is 0 Å². The van der Waals surface area contributed by atoms with Crippen LogP contribution in [-0.4, -0.2) is 30.2 Å². The number of anilines is 1. The Morgan fingerprint density at radius 1 is 1.30 bits per heavy atom. The van der Waals surface area contributed by atoms with Gasteiger partial charge in [0.15, 0.2) is 0 Å². The molecular weight excluding hydrogens is 299 g/mol. The fraction of sp³-hybridized carbons (Fsp3) is 0.500. The van der Waals surface area contributed by atoms with Gasteiger partial charge in [-0.2, -0.15) is 0 Å². The van der Waals surface area contributed by atoms with Gasteiger partial charge in [0.2, 0.25) is 5.91 Å². The fourth-order valence-electron chi connectivity index (χ4n) is 1.83. The van der Waals surface area contributed by atoms with Gasteiger partial charge in [0.25, 0.3) is 0 Å². The number of carbonyl (C=O) groups excluding carboxylic acids is 1. The molecule has 3 N–H and O–H groups in total. The van der Waals surface area contributed by atoms with Gasteiger partial charge in [0.1, 0.15) is 0 Å². The second-order valence-electron chi connectivity index (χ2n) is 4.89. The summed E-state index contributed by atoms with van der Waals surface area (Å²) in [5, 5.41) is 15.6. The summed E-state index contributed by atoms with van der Waals surface area (Å²) in [6, 6.07) is 5.14. The molecule has 0 saturated carbocycles. The van der Waals surface area contributed by atoms with Gasteiger partial charge in [0, 0.05) is 12.6 Å². The predicted octanol–water partition coefficient (Wildman–Crippen LogP) is 2.93. The summed E-state index contributed by atoms with van der Waals surface area (Å²) < 4.78 is 0. The van der Waals surface area contributed by atoms with Crippen LogP contribution in [-0.2, 0) is 4.79 Å². The highest BCUT2D eigenvalue weighted by Gasteiger charge is 2.15. The minimum absolute atomic E-state index is 0.0902. The van der Waals surface area contributed by atoms with Gasteiger partial charge in [-0.05, 0) is 24.5 Å². The van der Waals surface area contributed by atoms with Crippen molar-refractivity contribution in [3.05, 3.63) is 28.2 Å². The normalized spacial score (nSPS) is 12.5. The first-order valence-electron chi connectivity index (χ1n) is 6.53. The van der Waals surface area contributed by atoms with E-state index >= 15 is 0 Å². The average Bonchev–Trinajstić information content (AvgIpc) is 2.38. The van der Waals surface area contributed by atoms with Crippen molar-refractivity contribution >= 4 is 34.8 Å². The molecule has 1 unspecified atom stereocenters. The quantitative estimate of drug-likeness (QED) is 0.724. The van der Waals surface area contributed by atoms with E-state index in [2.05, 4.69) is 10.6 Å². The Labute approximate surface area is 129 Å². The molecule has 0 spiro atoms. The number of carbonyl (C=O) groups is 1. The molecule has 0 aliphatic carbocycles. The third kappa shape index (κ3) is 5.29. The van der Waals surface area contributed by atoms with Gasteiger partial charge >= 0.3 is 0 Å². The lowest BCUT2D eigenvalue weighted by atomic mass is 10.0. The smallest absolute Gasteiger partial charge is 0.238 e. The summed E-state index contributed by atoms with van der Waals surface area (Å²) in [6.45, 7) is 4.31. The van der Waals surface area contributed by atoms with Crippen molar-refractivity contribution in [2.75, 3.05) is 18.5 Å². The molecule has 1 amide bonds. The van der Waals surface area contributed by atoms with Crippen molar-refractivity contribution in [3.8, 4) is 0 Å². The number of aliphatic hydroxyl groups is 1. The summed E-state index contributed by atoms with van der Waals surface area (Å²) in [4.78, 5) is 11.9. The van der Waals surface area contributed by atoms with Gasteiger partial charge in [-0.25, -0.2) is 0 Å². The molecular formula is C14H20Cl2N2O2. The summed E-state index contributed by atoms with van der Waals surface area (Å²) in [5.41, 5.74) is 0.422. The average molecular weight is 319 g/mol. The monoisotopic (exact) mass is 318 g/mol.